The molecule has 1 amide bonds. The molecule has 0 bridgehead atoms. The molecule has 3 aromatic rings. The third kappa shape index (κ3) is 2.92. The number of ether oxygens (including phenoxy) is 1. The Morgan fingerprint density at radius 2 is 2.19 bits per heavy atom. The Morgan fingerprint density at radius 3 is 2.96 bits per heavy atom. The quantitative estimate of drug-likeness (QED) is 0.731. The highest BCUT2D eigenvalue weighted by Gasteiger charge is 2.26. The Hall–Kier alpha value is -2.53. The van der Waals surface area contributed by atoms with Gasteiger partial charge in [-0.25, -0.2) is 4.39 Å². The van der Waals surface area contributed by atoms with Gasteiger partial charge in [-0.1, -0.05) is 30.7 Å². The number of aromatic nitrogens is 1. The molecule has 1 atom stereocenters. The van der Waals surface area contributed by atoms with Gasteiger partial charge in [-0.2, -0.15) is 0 Å². The van der Waals surface area contributed by atoms with Gasteiger partial charge in [-0.15, -0.1) is 0 Å². The summed E-state index contributed by atoms with van der Waals surface area (Å²) < 4.78 is 21.3. The number of hydrogen-bond acceptors (Lipinski definition) is 2. The summed E-state index contributed by atoms with van der Waals surface area (Å²) in [4.78, 5) is 12.8. The van der Waals surface area contributed by atoms with E-state index in [1.165, 1.54) is 12.1 Å². The molecule has 0 fully saturated rings. The maximum Gasteiger partial charge on any atom is 0.268 e. The van der Waals surface area contributed by atoms with Gasteiger partial charge in [0.25, 0.3) is 5.91 Å². The van der Waals surface area contributed by atoms with Crippen molar-refractivity contribution in [2.75, 3.05) is 0 Å². The Labute approximate surface area is 155 Å². The Morgan fingerprint density at radius 1 is 1.35 bits per heavy atom. The first-order valence-corrected chi connectivity index (χ1v) is 8.95. The summed E-state index contributed by atoms with van der Waals surface area (Å²) in [7, 11) is 0. The minimum atomic E-state index is -0.320. The molecule has 0 spiro atoms. The van der Waals surface area contributed by atoms with Crippen LogP contribution in [0.1, 0.15) is 29.4 Å². The summed E-state index contributed by atoms with van der Waals surface area (Å²) in [5.41, 5.74) is 2.09. The Bertz CT molecular complexity index is 999. The molecule has 0 radical (unpaired) electrons. The van der Waals surface area contributed by atoms with Crippen LogP contribution >= 0.6 is 11.6 Å². The topological polar surface area (TPSA) is 43.3 Å². The van der Waals surface area contributed by atoms with Gasteiger partial charge in [-0.05, 0) is 42.3 Å². The van der Waals surface area contributed by atoms with Crippen molar-refractivity contribution in [3.63, 3.8) is 0 Å². The Balaban J connectivity index is 1.67. The van der Waals surface area contributed by atoms with E-state index in [9.17, 15) is 9.18 Å². The van der Waals surface area contributed by atoms with Crippen molar-refractivity contribution in [3.05, 3.63) is 64.6 Å². The van der Waals surface area contributed by atoms with Crippen LogP contribution < -0.4 is 10.1 Å². The van der Waals surface area contributed by atoms with E-state index in [-0.39, 0.29) is 24.4 Å². The van der Waals surface area contributed by atoms with Crippen molar-refractivity contribution < 1.29 is 13.9 Å². The Kier molecular flexibility index (Phi) is 4.32. The van der Waals surface area contributed by atoms with E-state index in [0.717, 1.165) is 23.1 Å². The zero-order valence-corrected chi connectivity index (χ0v) is 15.0. The van der Waals surface area contributed by atoms with Crippen molar-refractivity contribution in [1.82, 2.24) is 9.88 Å². The molecule has 134 valence electrons. The van der Waals surface area contributed by atoms with E-state index < -0.39 is 0 Å². The molecule has 0 saturated carbocycles. The molecule has 2 aromatic carbocycles. The molecule has 1 aromatic heterocycles. The highest BCUT2D eigenvalue weighted by Crippen LogP contribution is 2.38. The van der Waals surface area contributed by atoms with E-state index in [1.54, 1.807) is 24.3 Å². The van der Waals surface area contributed by atoms with Crippen molar-refractivity contribution in [1.29, 1.82) is 0 Å². The molecule has 1 aliphatic rings. The van der Waals surface area contributed by atoms with Gasteiger partial charge in [-0.3, -0.25) is 4.79 Å². The first-order valence-electron chi connectivity index (χ1n) is 8.58. The lowest BCUT2D eigenvalue weighted by molar-refractivity contribution is 0.0935. The largest absolute Gasteiger partial charge is 0.486 e. The number of nitrogens with zero attached hydrogens (tertiary/aromatic N) is 1. The smallest absolute Gasteiger partial charge is 0.268 e. The van der Waals surface area contributed by atoms with Crippen LogP contribution in [0.4, 0.5) is 4.39 Å². The molecular formula is C20H18ClFN2O2. The maximum absolute atomic E-state index is 13.3. The summed E-state index contributed by atoms with van der Waals surface area (Å²) >= 11 is 6.32. The molecule has 6 heteroatoms. The summed E-state index contributed by atoms with van der Waals surface area (Å²) in [6, 6.07) is 11.6. The van der Waals surface area contributed by atoms with Gasteiger partial charge in [0, 0.05) is 11.9 Å². The number of carbonyl (C=O) groups excluding carboxylic acids is 1. The fourth-order valence-corrected chi connectivity index (χ4v) is 3.55. The van der Waals surface area contributed by atoms with E-state index in [1.807, 2.05) is 10.6 Å². The van der Waals surface area contributed by atoms with Crippen LogP contribution in [0.5, 0.6) is 5.75 Å². The first-order chi connectivity index (χ1) is 12.6. The predicted octanol–water partition coefficient (Wildman–Crippen LogP) is 4.53. The van der Waals surface area contributed by atoms with Gasteiger partial charge in [0.05, 0.1) is 17.1 Å². The van der Waals surface area contributed by atoms with Crippen LogP contribution in [-0.4, -0.2) is 16.6 Å². The number of nitrogens with one attached hydrogen (secondary N) is 1. The van der Waals surface area contributed by atoms with Crippen LogP contribution in [0.3, 0.4) is 0 Å². The van der Waals surface area contributed by atoms with Gasteiger partial charge in [0.1, 0.15) is 23.4 Å². The molecular weight excluding hydrogens is 355 g/mol. The molecule has 4 nitrogen and oxygen atoms in total. The van der Waals surface area contributed by atoms with Crippen LogP contribution in [0.15, 0.2) is 42.5 Å². The zero-order valence-electron chi connectivity index (χ0n) is 14.3. The predicted molar refractivity (Wildman–Crippen MR) is 99.2 cm³/mol. The number of benzene rings is 2. The fraction of sp³-hybridized carbons (Fsp3) is 0.250. The second kappa shape index (κ2) is 6.65. The van der Waals surface area contributed by atoms with Crippen LogP contribution in [0, 0.1) is 5.82 Å². The number of halogens is 2. The van der Waals surface area contributed by atoms with E-state index in [0.29, 0.717) is 22.8 Å². The number of rotatable bonds is 4. The summed E-state index contributed by atoms with van der Waals surface area (Å²) in [6.45, 7) is 2.90. The number of hydrogen-bond donors (Lipinski definition) is 1. The second-order valence-electron chi connectivity index (χ2n) is 6.41. The van der Waals surface area contributed by atoms with Crippen LogP contribution in [0.25, 0.3) is 10.9 Å². The lowest BCUT2D eigenvalue weighted by Crippen LogP contribution is -2.31. The minimum Gasteiger partial charge on any atom is -0.486 e. The fourth-order valence-electron chi connectivity index (χ4n) is 3.34. The van der Waals surface area contributed by atoms with E-state index >= 15 is 0 Å². The molecule has 0 aliphatic carbocycles. The van der Waals surface area contributed by atoms with Crippen molar-refractivity contribution in [2.24, 2.45) is 0 Å². The maximum atomic E-state index is 13.3. The molecule has 4 rings (SSSR count). The zero-order chi connectivity index (χ0) is 18.3. The average molecular weight is 373 g/mol. The highest BCUT2D eigenvalue weighted by molar-refractivity contribution is 6.36. The van der Waals surface area contributed by atoms with Gasteiger partial charge in [0.2, 0.25) is 0 Å². The molecule has 0 unspecified atom stereocenters. The number of carbonyl (C=O) groups is 1. The highest BCUT2D eigenvalue weighted by atomic mass is 35.5. The molecule has 0 saturated heterocycles. The standard InChI is InChI=1S/C20H18ClFN2O2/c1-2-14-11-24-17(9-15-16(21)6-7-18(26-14)19(15)24)20(25)23-10-12-4-3-5-13(22)8-12/h3-9,14H,2,10-11H2,1H3,(H,23,25)/t14-/m0/s1. The monoisotopic (exact) mass is 372 g/mol. The summed E-state index contributed by atoms with van der Waals surface area (Å²) in [5.74, 6) is 0.204. The van der Waals surface area contributed by atoms with Crippen LogP contribution in [0.2, 0.25) is 5.02 Å². The first kappa shape index (κ1) is 16.9. The van der Waals surface area contributed by atoms with Gasteiger partial charge in [0.15, 0.2) is 0 Å². The van der Waals surface area contributed by atoms with Crippen molar-refractivity contribution in [3.8, 4) is 5.75 Å². The third-order valence-electron chi connectivity index (χ3n) is 4.68. The van der Waals surface area contributed by atoms with Gasteiger partial charge >= 0.3 is 0 Å². The summed E-state index contributed by atoms with van der Waals surface area (Å²) in [5, 5.41) is 4.25. The second-order valence-corrected chi connectivity index (χ2v) is 6.82. The third-order valence-corrected chi connectivity index (χ3v) is 5.01. The number of amides is 1. The van der Waals surface area contributed by atoms with Crippen LogP contribution in [-0.2, 0) is 13.1 Å². The SMILES string of the molecule is CC[C@H]1Cn2c(C(=O)NCc3cccc(F)c3)cc3c(Cl)ccc(c32)O1. The lowest BCUT2D eigenvalue weighted by Gasteiger charge is -2.26. The van der Waals surface area contributed by atoms with Crippen molar-refractivity contribution in [2.45, 2.75) is 32.5 Å². The normalized spacial score (nSPS) is 15.7. The van der Waals surface area contributed by atoms with Gasteiger partial charge < -0.3 is 14.6 Å². The molecule has 1 aliphatic heterocycles. The average Bonchev–Trinajstić information content (AvgIpc) is 3.03. The molecule has 1 N–H and O–H groups in total. The lowest BCUT2D eigenvalue weighted by atomic mass is 10.2. The molecule has 26 heavy (non-hydrogen) atoms. The van der Waals surface area contributed by atoms with E-state index in [2.05, 4.69) is 12.2 Å². The van der Waals surface area contributed by atoms with Crippen molar-refractivity contribution >= 4 is 28.4 Å². The summed E-state index contributed by atoms with van der Waals surface area (Å²) in [6.07, 6.45) is 0.848. The minimum absolute atomic E-state index is 0.00837. The van der Waals surface area contributed by atoms with E-state index in [4.69, 9.17) is 16.3 Å². The molecule has 2 heterocycles.